The zero-order valence-electron chi connectivity index (χ0n) is 9.79. The second kappa shape index (κ2) is 5.30. The van der Waals surface area contributed by atoms with Gasteiger partial charge in [-0.05, 0) is 32.1 Å². The number of carbonyl (C=O) groups excluding carboxylic acids is 1. The van der Waals surface area contributed by atoms with Gasteiger partial charge >= 0.3 is 0 Å². The van der Waals surface area contributed by atoms with Gasteiger partial charge in [0.25, 0.3) is 5.91 Å². The number of rotatable bonds is 5. The molecular weight excluding hydrogens is 202 g/mol. The number of nitrogens with one attached hydrogen (secondary N) is 1. The summed E-state index contributed by atoms with van der Waals surface area (Å²) in [6, 6.07) is 0.436. The van der Waals surface area contributed by atoms with E-state index in [1.807, 2.05) is 12.2 Å². The number of carbonyl (C=O) groups is 1. The van der Waals surface area contributed by atoms with Crippen LogP contribution >= 0.6 is 0 Å². The molecule has 0 aromatic rings. The van der Waals surface area contributed by atoms with E-state index in [9.17, 15) is 4.79 Å². The lowest BCUT2D eigenvalue weighted by molar-refractivity contribution is -0.117. The van der Waals surface area contributed by atoms with Gasteiger partial charge in [-0.2, -0.15) is 0 Å². The zero-order valence-corrected chi connectivity index (χ0v) is 9.79. The maximum Gasteiger partial charge on any atom is 0.251 e. The van der Waals surface area contributed by atoms with Crippen LogP contribution in [0.15, 0.2) is 23.3 Å². The lowest BCUT2D eigenvalue weighted by Gasteiger charge is -2.13. The van der Waals surface area contributed by atoms with E-state index in [2.05, 4.69) is 5.32 Å². The first kappa shape index (κ1) is 11.4. The number of ether oxygens (including phenoxy) is 1. The van der Waals surface area contributed by atoms with Crippen LogP contribution in [0.1, 0.15) is 32.1 Å². The molecule has 1 fully saturated rings. The predicted molar refractivity (Wildman–Crippen MR) is 63.1 cm³/mol. The first-order chi connectivity index (χ1) is 7.79. The molecule has 1 N–H and O–H groups in total. The minimum Gasteiger partial charge on any atom is -0.384 e. The van der Waals surface area contributed by atoms with Gasteiger partial charge in [0.1, 0.15) is 0 Å². The van der Waals surface area contributed by atoms with Gasteiger partial charge in [-0.3, -0.25) is 4.79 Å². The summed E-state index contributed by atoms with van der Waals surface area (Å²) < 4.78 is 5.05. The van der Waals surface area contributed by atoms with Crippen LogP contribution in [0.5, 0.6) is 0 Å². The molecule has 2 aliphatic rings. The fraction of sp³-hybridized carbons (Fsp3) is 0.615. The first-order valence-electron chi connectivity index (χ1n) is 5.99. The van der Waals surface area contributed by atoms with Crippen molar-refractivity contribution in [3.05, 3.63) is 23.3 Å². The summed E-state index contributed by atoms with van der Waals surface area (Å²) >= 11 is 0. The van der Waals surface area contributed by atoms with Crippen molar-refractivity contribution >= 4 is 5.91 Å². The van der Waals surface area contributed by atoms with Gasteiger partial charge in [0, 0.05) is 25.3 Å². The van der Waals surface area contributed by atoms with Crippen LogP contribution in [-0.4, -0.2) is 25.7 Å². The first-order valence-corrected chi connectivity index (χ1v) is 5.99. The smallest absolute Gasteiger partial charge is 0.251 e. The van der Waals surface area contributed by atoms with E-state index in [1.54, 1.807) is 7.11 Å². The third kappa shape index (κ3) is 3.20. The van der Waals surface area contributed by atoms with Gasteiger partial charge < -0.3 is 10.1 Å². The van der Waals surface area contributed by atoms with Crippen molar-refractivity contribution in [2.24, 2.45) is 0 Å². The quantitative estimate of drug-likeness (QED) is 0.770. The van der Waals surface area contributed by atoms with Gasteiger partial charge in [0.2, 0.25) is 0 Å². The maximum absolute atomic E-state index is 11.8. The van der Waals surface area contributed by atoms with Gasteiger partial charge in [0.05, 0.1) is 0 Å². The standard InChI is InChI=1S/C13H19NO2/c1-16-8-7-10-3-2-4-11(9-10)13(15)14-12-5-6-12/h4,9,12H,2-3,5-8H2,1H3,(H,14,15). The molecular formula is C13H19NO2. The van der Waals surface area contributed by atoms with E-state index in [0.29, 0.717) is 6.04 Å². The summed E-state index contributed by atoms with van der Waals surface area (Å²) in [5.41, 5.74) is 2.16. The van der Waals surface area contributed by atoms with Gasteiger partial charge in [0.15, 0.2) is 0 Å². The third-order valence-electron chi connectivity index (χ3n) is 2.99. The molecule has 0 heterocycles. The van der Waals surface area contributed by atoms with Crippen molar-refractivity contribution < 1.29 is 9.53 Å². The van der Waals surface area contributed by atoms with Crippen molar-refractivity contribution in [1.29, 1.82) is 0 Å². The van der Waals surface area contributed by atoms with E-state index < -0.39 is 0 Å². The molecule has 0 atom stereocenters. The second-order valence-electron chi connectivity index (χ2n) is 4.49. The molecule has 0 unspecified atom stereocenters. The minimum atomic E-state index is 0.0946. The number of allylic oxidation sites excluding steroid dienone is 1. The molecule has 0 aromatic carbocycles. The molecule has 88 valence electrons. The topological polar surface area (TPSA) is 38.3 Å². The van der Waals surface area contributed by atoms with Crippen LogP contribution in [0.4, 0.5) is 0 Å². The van der Waals surface area contributed by atoms with Crippen LogP contribution in [0.2, 0.25) is 0 Å². The Morgan fingerprint density at radius 2 is 2.38 bits per heavy atom. The normalized spacial score (nSPS) is 20.1. The average molecular weight is 221 g/mol. The Kier molecular flexibility index (Phi) is 3.78. The second-order valence-corrected chi connectivity index (χ2v) is 4.49. The lowest BCUT2D eigenvalue weighted by atomic mass is 9.97. The highest BCUT2D eigenvalue weighted by atomic mass is 16.5. The summed E-state index contributed by atoms with van der Waals surface area (Å²) in [5, 5.41) is 3.02. The molecule has 0 aliphatic heterocycles. The Bertz CT molecular complexity index is 327. The van der Waals surface area contributed by atoms with Gasteiger partial charge in [-0.1, -0.05) is 17.7 Å². The van der Waals surface area contributed by atoms with Crippen LogP contribution in [0, 0.1) is 0 Å². The van der Waals surface area contributed by atoms with Crippen LogP contribution in [-0.2, 0) is 9.53 Å². The van der Waals surface area contributed by atoms with E-state index in [1.165, 1.54) is 5.57 Å². The van der Waals surface area contributed by atoms with Gasteiger partial charge in [-0.25, -0.2) is 0 Å². The van der Waals surface area contributed by atoms with Crippen LogP contribution in [0.25, 0.3) is 0 Å². The number of amides is 1. The van der Waals surface area contributed by atoms with E-state index >= 15 is 0 Å². The predicted octanol–water partition coefficient (Wildman–Crippen LogP) is 1.95. The highest BCUT2D eigenvalue weighted by molar-refractivity contribution is 5.96. The fourth-order valence-corrected chi connectivity index (χ4v) is 1.85. The van der Waals surface area contributed by atoms with E-state index in [4.69, 9.17) is 4.74 Å². The molecule has 0 aromatic heterocycles. The summed E-state index contributed by atoms with van der Waals surface area (Å²) in [7, 11) is 1.71. The number of hydrogen-bond donors (Lipinski definition) is 1. The monoisotopic (exact) mass is 221 g/mol. The van der Waals surface area contributed by atoms with E-state index in [-0.39, 0.29) is 5.91 Å². The largest absolute Gasteiger partial charge is 0.384 e. The molecule has 0 bridgehead atoms. The summed E-state index contributed by atoms with van der Waals surface area (Å²) in [4.78, 5) is 11.8. The van der Waals surface area contributed by atoms with Crippen molar-refractivity contribution in [2.45, 2.75) is 38.1 Å². The van der Waals surface area contributed by atoms with E-state index in [0.717, 1.165) is 44.3 Å². The van der Waals surface area contributed by atoms with Crippen LogP contribution < -0.4 is 5.32 Å². The summed E-state index contributed by atoms with van der Waals surface area (Å²) in [5.74, 6) is 0.0946. The third-order valence-corrected chi connectivity index (χ3v) is 2.99. The molecule has 16 heavy (non-hydrogen) atoms. The molecule has 0 radical (unpaired) electrons. The summed E-state index contributed by atoms with van der Waals surface area (Å²) in [6.07, 6.45) is 9.31. The maximum atomic E-state index is 11.8. The highest BCUT2D eigenvalue weighted by Crippen LogP contribution is 2.23. The molecule has 1 saturated carbocycles. The zero-order chi connectivity index (χ0) is 11.4. The average Bonchev–Trinajstić information content (AvgIpc) is 3.10. The van der Waals surface area contributed by atoms with Crippen molar-refractivity contribution in [2.75, 3.05) is 13.7 Å². The Hall–Kier alpha value is -1.09. The van der Waals surface area contributed by atoms with Gasteiger partial charge in [-0.15, -0.1) is 0 Å². The molecule has 2 rings (SSSR count). The fourth-order valence-electron chi connectivity index (χ4n) is 1.85. The molecule has 0 spiro atoms. The van der Waals surface area contributed by atoms with Crippen molar-refractivity contribution in [3.8, 4) is 0 Å². The Labute approximate surface area is 96.6 Å². The Morgan fingerprint density at radius 1 is 1.56 bits per heavy atom. The molecule has 3 heteroatoms. The SMILES string of the molecule is COCCC1=CC(C(=O)NC2CC2)=CCC1. The highest BCUT2D eigenvalue weighted by Gasteiger charge is 2.24. The Morgan fingerprint density at radius 3 is 3.06 bits per heavy atom. The summed E-state index contributed by atoms with van der Waals surface area (Å²) in [6.45, 7) is 0.739. The number of hydrogen-bond acceptors (Lipinski definition) is 2. The van der Waals surface area contributed by atoms with Crippen molar-refractivity contribution in [3.63, 3.8) is 0 Å². The molecule has 2 aliphatic carbocycles. The lowest BCUT2D eigenvalue weighted by Crippen LogP contribution is -2.27. The molecule has 1 amide bonds. The van der Waals surface area contributed by atoms with Crippen molar-refractivity contribution in [1.82, 2.24) is 5.32 Å². The van der Waals surface area contributed by atoms with Crippen LogP contribution in [0.3, 0.4) is 0 Å². The Balaban J connectivity index is 1.90. The minimum absolute atomic E-state index is 0.0946. The number of methoxy groups -OCH3 is 1. The molecule has 3 nitrogen and oxygen atoms in total. The molecule has 0 saturated heterocycles.